The van der Waals surface area contributed by atoms with Crippen LogP contribution in [0.15, 0.2) is 36.5 Å². The summed E-state index contributed by atoms with van der Waals surface area (Å²) < 4.78 is 5.21. The third-order valence-electron chi connectivity index (χ3n) is 2.95. The van der Waals surface area contributed by atoms with Gasteiger partial charge in [-0.05, 0) is 25.3 Å². The second kappa shape index (κ2) is 7.71. The highest BCUT2D eigenvalue weighted by atomic mass is 16.6. The fraction of sp³-hybridized carbons (Fsp3) is 0.500. The number of rotatable bonds is 5. The maximum atomic E-state index is 11.8. The number of amides is 1. The van der Waals surface area contributed by atoms with Crippen molar-refractivity contribution < 1.29 is 14.6 Å². The maximum Gasteiger partial charge on any atom is 0.410 e. The first-order valence-electron chi connectivity index (χ1n) is 6.21. The molecule has 1 fully saturated rings. The molecule has 4 heteroatoms. The molecule has 1 heterocycles. The molecule has 0 bridgehead atoms. The van der Waals surface area contributed by atoms with Crippen LogP contribution in [-0.4, -0.2) is 41.9 Å². The molecular weight excluding hydrogens is 230 g/mol. The van der Waals surface area contributed by atoms with Gasteiger partial charge in [0.2, 0.25) is 0 Å². The SMILES string of the molecule is C=C/C(=C\C=C/C)COC(=O)N1CCCC1CO. The topological polar surface area (TPSA) is 49.8 Å². The van der Waals surface area contributed by atoms with Crippen molar-refractivity contribution in [2.24, 2.45) is 0 Å². The van der Waals surface area contributed by atoms with E-state index in [1.807, 2.05) is 25.2 Å². The number of carbonyl (C=O) groups excluding carboxylic acids is 1. The fourth-order valence-corrected chi connectivity index (χ4v) is 1.89. The number of likely N-dealkylation sites (tertiary alicyclic amines) is 1. The molecule has 0 spiro atoms. The number of carbonyl (C=O) groups is 1. The highest BCUT2D eigenvalue weighted by Gasteiger charge is 2.29. The Kier molecular flexibility index (Phi) is 6.22. The average molecular weight is 251 g/mol. The molecule has 1 rings (SSSR count). The number of nitrogens with zero attached hydrogens (tertiary/aromatic N) is 1. The lowest BCUT2D eigenvalue weighted by molar-refractivity contribution is 0.0914. The third-order valence-corrected chi connectivity index (χ3v) is 2.95. The zero-order valence-electron chi connectivity index (χ0n) is 10.8. The molecule has 1 aliphatic heterocycles. The van der Waals surface area contributed by atoms with Crippen LogP contribution in [0.4, 0.5) is 4.79 Å². The van der Waals surface area contributed by atoms with Crippen molar-refractivity contribution in [2.75, 3.05) is 19.8 Å². The number of aliphatic hydroxyl groups is 1. The lowest BCUT2D eigenvalue weighted by Crippen LogP contribution is -2.38. The van der Waals surface area contributed by atoms with Gasteiger partial charge in [-0.25, -0.2) is 4.79 Å². The molecule has 1 aliphatic rings. The Balaban J connectivity index is 2.47. The zero-order chi connectivity index (χ0) is 13.4. The first kappa shape index (κ1) is 14.5. The molecule has 0 saturated carbocycles. The van der Waals surface area contributed by atoms with E-state index in [4.69, 9.17) is 9.84 Å². The Labute approximate surface area is 108 Å². The molecule has 18 heavy (non-hydrogen) atoms. The first-order valence-corrected chi connectivity index (χ1v) is 6.21. The van der Waals surface area contributed by atoms with Crippen LogP contribution in [0.3, 0.4) is 0 Å². The third kappa shape index (κ3) is 4.04. The van der Waals surface area contributed by atoms with Crippen molar-refractivity contribution in [3.63, 3.8) is 0 Å². The molecule has 0 aromatic rings. The van der Waals surface area contributed by atoms with Crippen molar-refractivity contribution in [1.29, 1.82) is 0 Å². The second-order valence-corrected chi connectivity index (χ2v) is 4.20. The van der Waals surface area contributed by atoms with Crippen LogP contribution in [0.2, 0.25) is 0 Å². The summed E-state index contributed by atoms with van der Waals surface area (Å²) in [4.78, 5) is 13.4. The predicted octanol–water partition coefficient (Wildman–Crippen LogP) is 2.27. The van der Waals surface area contributed by atoms with Crippen LogP contribution >= 0.6 is 0 Å². The molecule has 1 N–H and O–H groups in total. The van der Waals surface area contributed by atoms with E-state index in [-0.39, 0.29) is 25.3 Å². The van der Waals surface area contributed by atoms with Crippen LogP contribution < -0.4 is 0 Å². The Morgan fingerprint density at radius 2 is 2.39 bits per heavy atom. The minimum absolute atomic E-state index is 0.00216. The average Bonchev–Trinajstić information content (AvgIpc) is 2.87. The summed E-state index contributed by atoms with van der Waals surface area (Å²) in [6, 6.07) is -0.0933. The Morgan fingerprint density at radius 3 is 3.00 bits per heavy atom. The minimum Gasteiger partial charge on any atom is -0.445 e. The summed E-state index contributed by atoms with van der Waals surface area (Å²) in [7, 11) is 0. The molecule has 0 radical (unpaired) electrons. The molecule has 0 aromatic carbocycles. The Morgan fingerprint density at radius 1 is 1.61 bits per heavy atom. The zero-order valence-corrected chi connectivity index (χ0v) is 10.8. The summed E-state index contributed by atoms with van der Waals surface area (Å²) in [5.74, 6) is 0. The van der Waals surface area contributed by atoms with E-state index in [1.54, 1.807) is 11.0 Å². The number of hydrogen-bond acceptors (Lipinski definition) is 3. The smallest absolute Gasteiger partial charge is 0.410 e. The molecule has 1 amide bonds. The van der Waals surface area contributed by atoms with Gasteiger partial charge in [0.25, 0.3) is 0 Å². The molecular formula is C14H21NO3. The van der Waals surface area contributed by atoms with Crippen LogP contribution in [-0.2, 0) is 4.74 Å². The lowest BCUT2D eigenvalue weighted by atomic mass is 10.2. The van der Waals surface area contributed by atoms with Crippen LogP contribution in [0, 0.1) is 0 Å². The van der Waals surface area contributed by atoms with Gasteiger partial charge in [0.15, 0.2) is 0 Å². The Bertz CT molecular complexity index is 347. The normalized spacial score (nSPS) is 20.4. The van der Waals surface area contributed by atoms with Gasteiger partial charge in [-0.1, -0.05) is 30.9 Å². The molecule has 1 saturated heterocycles. The number of hydrogen-bond donors (Lipinski definition) is 1. The van der Waals surface area contributed by atoms with E-state index < -0.39 is 0 Å². The standard InChI is InChI=1S/C14H21NO3/c1-3-5-7-12(4-2)11-18-14(17)15-9-6-8-13(15)10-16/h3-5,7,13,16H,2,6,8-11H2,1H3/b5-3-,12-7+. The van der Waals surface area contributed by atoms with E-state index in [1.165, 1.54) is 0 Å². The first-order chi connectivity index (χ1) is 8.72. The van der Waals surface area contributed by atoms with Gasteiger partial charge in [0.05, 0.1) is 12.6 Å². The lowest BCUT2D eigenvalue weighted by Gasteiger charge is -2.22. The van der Waals surface area contributed by atoms with Gasteiger partial charge in [-0.2, -0.15) is 0 Å². The quantitative estimate of drug-likeness (QED) is 0.763. The van der Waals surface area contributed by atoms with Crippen molar-refractivity contribution in [2.45, 2.75) is 25.8 Å². The molecule has 100 valence electrons. The van der Waals surface area contributed by atoms with Crippen LogP contribution in [0.1, 0.15) is 19.8 Å². The maximum absolute atomic E-state index is 11.8. The number of aliphatic hydroxyl groups excluding tert-OH is 1. The van der Waals surface area contributed by atoms with E-state index in [9.17, 15) is 4.79 Å². The van der Waals surface area contributed by atoms with Crippen LogP contribution in [0.25, 0.3) is 0 Å². The second-order valence-electron chi connectivity index (χ2n) is 4.20. The number of allylic oxidation sites excluding steroid dienone is 3. The summed E-state index contributed by atoms with van der Waals surface area (Å²) >= 11 is 0. The van der Waals surface area contributed by atoms with Crippen molar-refractivity contribution in [3.8, 4) is 0 Å². The van der Waals surface area contributed by atoms with E-state index in [2.05, 4.69) is 6.58 Å². The van der Waals surface area contributed by atoms with E-state index >= 15 is 0 Å². The van der Waals surface area contributed by atoms with Crippen LogP contribution in [0.5, 0.6) is 0 Å². The van der Waals surface area contributed by atoms with Crippen molar-refractivity contribution in [1.82, 2.24) is 4.90 Å². The molecule has 0 aliphatic carbocycles. The van der Waals surface area contributed by atoms with Gasteiger partial charge < -0.3 is 14.7 Å². The van der Waals surface area contributed by atoms with Gasteiger partial charge in [-0.3, -0.25) is 0 Å². The highest BCUT2D eigenvalue weighted by molar-refractivity contribution is 5.68. The Hall–Kier alpha value is -1.55. The fourth-order valence-electron chi connectivity index (χ4n) is 1.89. The monoisotopic (exact) mass is 251 g/mol. The highest BCUT2D eigenvalue weighted by Crippen LogP contribution is 2.17. The van der Waals surface area contributed by atoms with Gasteiger partial charge in [-0.15, -0.1) is 0 Å². The largest absolute Gasteiger partial charge is 0.445 e. The van der Waals surface area contributed by atoms with Gasteiger partial charge in [0, 0.05) is 6.54 Å². The van der Waals surface area contributed by atoms with E-state index in [0.717, 1.165) is 18.4 Å². The van der Waals surface area contributed by atoms with Gasteiger partial charge in [0.1, 0.15) is 6.61 Å². The van der Waals surface area contributed by atoms with Gasteiger partial charge >= 0.3 is 6.09 Å². The van der Waals surface area contributed by atoms with Crippen molar-refractivity contribution >= 4 is 6.09 Å². The molecule has 1 unspecified atom stereocenters. The molecule has 4 nitrogen and oxygen atoms in total. The summed E-state index contributed by atoms with van der Waals surface area (Å²) in [6.45, 7) is 6.46. The predicted molar refractivity (Wildman–Crippen MR) is 71.3 cm³/mol. The number of ether oxygens (including phenoxy) is 1. The molecule has 0 aromatic heterocycles. The summed E-state index contributed by atoms with van der Waals surface area (Å²) in [5, 5.41) is 9.14. The minimum atomic E-state index is -0.361. The van der Waals surface area contributed by atoms with E-state index in [0.29, 0.717) is 6.54 Å². The molecule has 1 atom stereocenters. The summed E-state index contributed by atoms with van der Waals surface area (Å²) in [5.41, 5.74) is 0.848. The summed E-state index contributed by atoms with van der Waals surface area (Å²) in [6.07, 6.45) is 8.69. The van der Waals surface area contributed by atoms with Crippen molar-refractivity contribution in [3.05, 3.63) is 36.5 Å².